The monoisotopic (exact) mass is 493 g/mol. The maximum atomic E-state index is 16.2. The minimum atomic E-state index is -3.62. The SMILES string of the molecule is CC1(C)OC2[C@H](O1)[C@H](n1cnc3c(N)ncnc31)OC2(F)COP(C)(=O)OCc1ccccc1. The summed E-state index contributed by atoms with van der Waals surface area (Å²) in [5.41, 5.74) is 7.38. The number of nitrogens with zero attached hydrogens (tertiary/aromatic N) is 4. The highest BCUT2D eigenvalue weighted by atomic mass is 31.2. The van der Waals surface area contributed by atoms with Gasteiger partial charge in [-0.05, 0) is 19.4 Å². The summed E-state index contributed by atoms with van der Waals surface area (Å²) in [5, 5.41) is 0. The molecule has 2 aliphatic heterocycles. The van der Waals surface area contributed by atoms with Crippen molar-refractivity contribution < 1.29 is 32.2 Å². The van der Waals surface area contributed by atoms with E-state index in [1.807, 2.05) is 30.3 Å². The molecule has 0 bridgehead atoms. The van der Waals surface area contributed by atoms with Crippen molar-refractivity contribution in [2.24, 2.45) is 0 Å². The van der Waals surface area contributed by atoms with Gasteiger partial charge in [0.2, 0.25) is 0 Å². The van der Waals surface area contributed by atoms with Gasteiger partial charge in [-0.2, -0.15) is 0 Å². The van der Waals surface area contributed by atoms with Crippen molar-refractivity contribution >= 4 is 24.6 Å². The maximum absolute atomic E-state index is 16.2. The Morgan fingerprint density at radius 2 is 1.91 bits per heavy atom. The molecule has 34 heavy (non-hydrogen) atoms. The molecule has 0 aliphatic carbocycles. The van der Waals surface area contributed by atoms with Crippen LogP contribution in [0.2, 0.25) is 0 Å². The highest BCUT2D eigenvalue weighted by Gasteiger charge is 2.65. The van der Waals surface area contributed by atoms with Gasteiger partial charge in [-0.15, -0.1) is 0 Å². The van der Waals surface area contributed by atoms with E-state index >= 15 is 4.39 Å². The van der Waals surface area contributed by atoms with E-state index in [1.54, 1.807) is 13.8 Å². The number of hydrogen-bond donors (Lipinski definition) is 1. The molecule has 2 N–H and O–H groups in total. The van der Waals surface area contributed by atoms with E-state index in [1.165, 1.54) is 23.9 Å². The van der Waals surface area contributed by atoms with Crippen LogP contribution in [-0.4, -0.2) is 56.6 Å². The van der Waals surface area contributed by atoms with Gasteiger partial charge in [0.25, 0.3) is 5.85 Å². The average Bonchev–Trinajstić information content (AvgIpc) is 3.44. The van der Waals surface area contributed by atoms with Crippen LogP contribution in [0.3, 0.4) is 0 Å². The third-order valence-electron chi connectivity index (χ3n) is 5.62. The molecule has 1 aromatic carbocycles. The molecule has 0 amide bonds. The van der Waals surface area contributed by atoms with Gasteiger partial charge in [0.05, 0.1) is 12.9 Å². The summed E-state index contributed by atoms with van der Waals surface area (Å²) in [6.45, 7) is 3.98. The van der Waals surface area contributed by atoms with Crippen LogP contribution in [0.4, 0.5) is 10.2 Å². The van der Waals surface area contributed by atoms with E-state index in [4.69, 9.17) is 29.0 Å². The molecule has 3 unspecified atom stereocenters. The van der Waals surface area contributed by atoms with E-state index < -0.39 is 44.3 Å². The normalized spacial score (nSPS) is 29.8. The van der Waals surface area contributed by atoms with Gasteiger partial charge >= 0.3 is 7.60 Å². The lowest BCUT2D eigenvalue weighted by Gasteiger charge is -2.29. The summed E-state index contributed by atoms with van der Waals surface area (Å²) in [6, 6.07) is 9.17. The second-order valence-electron chi connectivity index (χ2n) is 8.70. The van der Waals surface area contributed by atoms with Crippen molar-refractivity contribution in [2.45, 2.75) is 50.5 Å². The Balaban J connectivity index is 1.36. The van der Waals surface area contributed by atoms with E-state index in [2.05, 4.69) is 15.0 Å². The van der Waals surface area contributed by atoms with Crippen molar-refractivity contribution in [1.29, 1.82) is 0 Å². The van der Waals surface area contributed by atoms with Crippen molar-refractivity contribution in [1.82, 2.24) is 19.5 Å². The zero-order valence-corrected chi connectivity index (χ0v) is 19.7. The number of nitrogens with two attached hydrogens (primary N) is 1. The Hall–Kier alpha value is -2.47. The molecule has 2 fully saturated rings. The number of hydrogen-bond acceptors (Lipinski definition) is 10. The summed E-state index contributed by atoms with van der Waals surface area (Å²) < 4.78 is 58.9. The van der Waals surface area contributed by atoms with Gasteiger partial charge in [-0.25, -0.2) is 19.3 Å². The quantitative estimate of drug-likeness (QED) is 0.489. The number of anilines is 1. The number of rotatable bonds is 7. The third kappa shape index (κ3) is 4.33. The summed E-state index contributed by atoms with van der Waals surface area (Å²) in [6.07, 6.45) is -0.327. The van der Waals surface area contributed by atoms with Crippen LogP contribution in [0.5, 0.6) is 0 Å². The lowest BCUT2D eigenvalue weighted by atomic mass is 10.1. The molecule has 0 spiro atoms. The van der Waals surface area contributed by atoms with Crippen molar-refractivity contribution in [3.05, 3.63) is 48.5 Å². The Morgan fingerprint density at radius 1 is 1.15 bits per heavy atom. The van der Waals surface area contributed by atoms with Crippen LogP contribution >= 0.6 is 7.60 Å². The van der Waals surface area contributed by atoms with E-state index in [-0.39, 0.29) is 12.4 Å². The molecule has 4 heterocycles. The topological polar surface area (TPSA) is 133 Å². The van der Waals surface area contributed by atoms with Gasteiger partial charge in [-0.3, -0.25) is 9.13 Å². The second-order valence-corrected chi connectivity index (χ2v) is 10.8. The first-order chi connectivity index (χ1) is 16.1. The van der Waals surface area contributed by atoms with Gasteiger partial charge in [-0.1, -0.05) is 30.3 Å². The number of imidazole rings is 1. The summed E-state index contributed by atoms with van der Waals surface area (Å²) in [4.78, 5) is 12.3. The number of benzene rings is 1. The molecule has 2 aliphatic rings. The average molecular weight is 493 g/mol. The lowest BCUT2D eigenvalue weighted by molar-refractivity contribution is -0.262. The van der Waals surface area contributed by atoms with Crippen LogP contribution in [0, 0.1) is 0 Å². The fourth-order valence-electron chi connectivity index (χ4n) is 4.06. The minimum Gasteiger partial charge on any atom is -0.382 e. The zero-order chi connectivity index (χ0) is 24.1. The fourth-order valence-corrected chi connectivity index (χ4v) is 4.93. The first-order valence-electron chi connectivity index (χ1n) is 10.6. The fraction of sp³-hybridized carbons (Fsp3) is 0.476. The highest BCUT2D eigenvalue weighted by Crippen LogP contribution is 2.52. The van der Waals surface area contributed by atoms with E-state index in [9.17, 15) is 4.57 Å². The number of ether oxygens (including phenoxy) is 3. The molecule has 13 heteroatoms. The van der Waals surface area contributed by atoms with Gasteiger partial charge in [0, 0.05) is 6.66 Å². The molecule has 182 valence electrons. The number of fused-ring (bicyclic) bond motifs is 2. The second kappa shape index (κ2) is 8.33. The predicted molar refractivity (Wildman–Crippen MR) is 118 cm³/mol. The smallest absolute Gasteiger partial charge is 0.328 e. The maximum Gasteiger partial charge on any atom is 0.328 e. The van der Waals surface area contributed by atoms with Crippen LogP contribution in [0.25, 0.3) is 11.2 Å². The van der Waals surface area contributed by atoms with Crippen LogP contribution < -0.4 is 5.73 Å². The van der Waals surface area contributed by atoms with Crippen LogP contribution in [0.1, 0.15) is 25.6 Å². The van der Waals surface area contributed by atoms with Crippen molar-refractivity contribution in [3.8, 4) is 0 Å². The molecular weight excluding hydrogens is 468 g/mol. The first-order valence-corrected chi connectivity index (χ1v) is 12.6. The van der Waals surface area contributed by atoms with E-state index in [0.717, 1.165) is 5.56 Å². The lowest BCUT2D eigenvalue weighted by Crippen LogP contribution is -2.43. The number of alkyl halides is 1. The Labute approximate surface area is 194 Å². The predicted octanol–water partition coefficient (Wildman–Crippen LogP) is 3.18. The van der Waals surface area contributed by atoms with Gasteiger partial charge < -0.3 is 29.0 Å². The molecule has 3 aromatic rings. The molecule has 2 aromatic heterocycles. The first kappa shape index (κ1) is 23.3. The Kier molecular flexibility index (Phi) is 5.70. The molecule has 5 rings (SSSR count). The molecule has 0 radical (unpaired) electrons. The number of halogens is 1. The summed E-state index contributed by atoms with van der Waals surface area (Å²) in [7, 11) is -3.62. The Bertz CT molecular complexity index is 1240. The molecular formula is C21H25FN5O6P. The minimum absolute atomic E-state index is 0.0538. The van der Waals surface area contributed by atoms with Crippen molar-refractivity contribution in [2.75, 3.05) is 19.0 Å². The van der Waals surface area contributed by atoms with Gasteiger partial charge in [0.1, 0.15) is 24.6 Å². The molecule has 2 saturated heterocycles. The summed E-state index contributed by atoms with van der Waals surface area (Å²) in [5.74, 6) is -3.39. The van der Waals surface area contributed by atoms with Crippen LogP contribution in [-0.2, 0) is 34.4 Å². The largest absolute Gasteiger partial charge is 0.382 e. The van der Waals surface area contributed by atoms with Crippen LogP contribution in [0.15, 0.2) is 43.0 Å². The number of aromatic nitrogens is 4. The number of nitrogen functional groups attached to an aromatic ring is 1. The standard InChI is InChI=1S/C21H25FN5O6P/c1-20(2)31-15-16(32-20)21(22,10-30-34(3,28)29-9-13-7-5-4-6-8-13)33-19(15)27-12-26-14-17(23)24-11-25-18(14)27/h4-8,11-12,15-16,19H,9-10H2,1-3H3,(H2,23,24,25)/t15-,16?,19+,21?,34?/m0/s1. The third-order valence-corrected chi connectivity index (χ3v) is 6.81. The molecule has 11 nitrogen and oxygen atoms in total. The van der Waals surface area contributed by atoms with Crippen molar-refractivity contribution in [3.63, 3.8) is 0 Å². The Morgan fingerprint density at radius 3 is 2.68 bits per heavy atom. The van der Waals surface area contributed by atoms with Gasteiger partial charge in [0.15, 0.2) is 29.6 Å². The summed E-state index contributed by atoms with van der Waals surface area (Å²) >= 11 is 0. The highest BCUT2D eigenvalue weighted by molar-refractivity contribution is 7.52. The molecule has 0 saturated carbocycles. The zero-order valence-electron chi connectivity index (χ0n) is 18.8. The molecule has 5 atom stereocenters. The van der Waals surface area contributed by atoms with E-state index in [0.29, 0.717) is 11.2 Å².